The fourth-order valence-electron chi connectivity index (χ4n) is 2.87. The Morgan fingerprint density at radius 3 is 2.07 bits per heavy atom. The van der Waals surface area contributed by atoms with Crippen molar-refractivity contribution in [2.24, 2.45) is 0 Å². The first-order chi connectivity index (χ1) is 12.6. The van der Waals surface area contributed by atoms with Gasteiger partial charge in [-0.1, -0.05) is 55.2 Å². The molecule has 5 nitrogen and oxygen atoms in total. The molecule has 0 spiro atoms. The summed E-state index contributed by atoms with van der Waals surface area (Å²) in [6, 6.07) is 8.10. The second-order valence-electron chi connectivity index (χ2n) is 6.02. The summed E-state index contributed by atoms with van der Waals surface area (Å²) in [6.07, 6.45) is 1.12. The lowest BCUT2D eigenvalue weighted by Crippen LogP contribution is -2.44. The first-order valence-electron chi connectivity index (χ1n) is 8.48. The molecule has 146 valence electrons. The van der Waals surface area contributed by atoms with E-state index in [1.165, 1.54) is 25.1 Å². The molecular formula is C19H21Cl2NO4S. The van der Waals surface area contributed by atoms with Gasteiger partial charge in [-0.05, 0) is 49.1 Å². The van der Waals surface area contributed by atoms with Crippen molar-refractivity contribution in [2.75, 3.05) is 4.31 Å². The molecule has 1 unspecified atom stereocenters. The topological polar surface area (TPSA) is 74.7 Å². The van der Waals surface area contributed by atoms with Gasteiger partial charge in [0.05, 0.1) is 20.6 Å². The van der Waals surface area contributed by atoms with Gasteiger partial charge in [0, 0.05) is 0 Å². The Labute approximate surface area is 169 Å². The van der Waals surface area contributed by atoms with Crippen LogP contribution in [0.5, 0.6) is 0 Å². The summed E-state index contributed by atoms with van der Waals surface area (Å²) in [7, 11) is -4.19. The molecule has 0 radical (unpaired) electrons. The van der Waals surface area contributed by atoms with Crippen molar-refractivity contribution in [1.29, 1.82) is 0 Å². The van der Waals surface area contributed by atoms with E-state index in [0.717, 1.165) is 15.4 Å². The third-order valence-corrected chi connectivity index (χ3v) is 6.95. The zero-order valence-corrected chi connectivity index (χ0v) is 17.6. The number of anilines is 1. The molecule has 0 aliphatic rings. The van der Waals surface area contributed by atoms with Crippen molar-refractivity contribution in [3.8, 4) is 0 Å². The molecule has 2 rings (SSSR count). The van der Waals surface area contributed by atoms with E-state index in [0.29, 0.717) is 18.5 Å². The lowest BCUT2D eigenvalue weighted by molar-refractivity contribution is -0.137. The number of hydrogen-bond acceptors (Lipinski definition) is 3. The predicted octanol–water partition coefficient (Wildman–Crippen LogP) is 4.79. The van der Waals surface area contributed by atoms with Crippen LogP contribution in [0, 0.1) is 0 Å². The highest BCUT2D eigenvalue weighted by Crippen LogP contribution is 2.35. The van der Waals surface area contributed by atoms with E-state index in [1.54, 1.807) is 12.1 Å². The van der Waals surface area contributed by atoms with E-state index in [1.807, 2.05) is 19.9 Å². The molecule has 2 aromatic carbocycles. The summed E-state index contributed by atoms with van der Waals surface area (Å²) in [5.41, 5.74) is 1.92. The van der Waals surface area contributed by atoms with Gasteiger partial charge in [0.1, 0.15) is 6.04 Å². The molecule has 1 N–H and O–H groups in total. The van der Waals surface area contributed by atoms with E-state index >= 15 is 0 Å². The van der Waals surface area contributed by atoms with Gasteiger partial charge < -0.3 is 5.11 Å². The highest BCUT2D eigenvalue weighted by Gasteiger charge is 2.35. The van der Waals surface area contributed by atoms with Crippen molar-refractivity contribution in [2.45, 2.75) is 44.6 Å². The molecule has 1 atom stereocenters. The Balaban J connectivity index is 2.81. The number of rotatable bonds is 7. The average Bonchev–Trinajstić information content (AvgIpc) is 2.63. The van der Waals surface area contributed by atoms with Crippen LogP contribution >= 0.6 is 23.2 Å². The Bertz CT molecular complexity index is 938. The molecule has 2 aromatic rings. The Morgan fingerprint density at radius 2 is 1.63 bits per heavy atom. The Kier molecular flexibility index (Phi) is 6.78. The third kappa shape index (κ3) is 4.23. The quantitative estimate of drug-likeness (QED) is 0.686. The fourth-order valence-corrected chi connectivity index (χ4v) is 4.95. The van der Waals surface area contributed by atoms with E-state index in [4.69, 9.17) is 23.2 Å². The Morgan fingerprint density at radius 1 is 1.07 bits per heavy atom. The van der Waals surface area contributed by atoms with E-state index in [-0.39, 0.29) is 14.9 Å². The SMILES string of the molecule is CCc1cccc(CC)c1N(C(C)C(=O)O)S(=O)(=O)c1ccc(Cl)c(Cl)c1. The summed E-state index contributed by atoms with van der Waals surface area (Å²) >= 11 is 11.9. The molecule has 0 amide bonds. The number of carboxylic acids is 1. The van der Waals surface area contributed by atoms with E-state index in [2.05, 4.69) is 0 Å². The molecule has 0 saturated heterocycles. The average molecular weight is 430 g/mol. The molecule has 0 saturated carbocycles. The number of carboxylic acid groups (broad SMARTS) is 1. The van der Waals surface area contributed by atoms with Gasteiger partial charge in [-0.3, -0.25) is 4.31 Å². The second-order valence-corrected chi connectivity index (χ2v) is 8.65. The van der Waals surface area contributed by atoms with Crippen molar-refractivity contribution >= 4 is 44.9 Å². The molecule has 0 fully saturated rings. The van der Waals surface area contributed by atoms with Gasteiger partial charge >= 0.3 is 5.97 Å². The van der Waals surface area contributed by atoms with Crippen LogP contribution in [-0.4, -0.2) is 25.5 Å². The standard InChI is InChI=1S/C19H21Cl2NO4S/c1-4-13-7-6-8-14(5-2)18(13)22(12(3)19(23)24)27(25,26)15-9-10-16(20)17(21)11-15/h6-12H,4-5H2,1-3H3,(H,23,24). The highest BCUT2D eigenvalue weighted by atomic mass is 35.5. The van der Waals surface area contributed by atoms with Crippen LogP contribution in [0.25, 0.3) is 0 Å². The Hall–Kier alpha value is -1.76. The van der Waals surface area contributed by atoms with Crippen LogP contribution in [0.1, 0.15) is 31.9 Å². The summed E-state index contributed by atoms with van der Waals surface area (Å²) in [5.74, 6) is -1.24. The smallest absolute Gasteiger partial charge is 0.327 e. The minimum atomic E-state index is -4.19. The summed E-state index contributed by atoms with van der Waals surface area (Å²) in [5, 5.41) is 9.90. The zero-order chi connectivity index (χ0) is 20.4. The maximum absolute atomic E-state index is 13.4. The van der Waals surface area contributed by atoms with Crippen molar-refractivity contribution in [1.82, 2.24) is 0 Å². The molecule has 0 aromatic heterocycles. The second kappa shape index (κ2) is 8.50. The molecular weight excluding hydrogens is 409 g/mol. The minimum absolute atomic E-state index is 0.0835. The van der Waals surface area contributed by atoms with Gasteiger partial charge in [0.25, 0.3) is 10.0 Å². The van der Waals surface area contributed by atoms with Crippen LogP contribution in [0.2, 0.25) is 10.0 Å². The number of aliphatic carboxylic acids is 1. The fraction of sp³-hybridized carbons (Fsp3) is 0.316. The van der Waals surface area contributed by atoms with Gasteiger partial charge in [-0.25, -0.2) is 13.2 Å². The normalized spacial score (nSPS) is 12.6. The van der Waals surface area contributed by atoms with Crippen LogP contribution < -0.4 is 4.31 Å². The number of para-hydroxylation sites is 1. The lowest BCUT2D eigenvalue weighted by atomic mass is 10.0. The first kappa shape index (κ1) is 21.5. The molecule has 0 aliphatic carbocycles. The minimum Gasteiger partial charge on any atom is -0.480 e. The van der Waals surface area contributed by atoms with Crippen LogP contribution in [0.4, 0.5) is 5.69 Å². The molecule has 0 aliphatic heterocycles. The zero-order valence-electron chi connectivity index (χ0n) is 15.2. The molecule has 0 heterocycles. The predicted molar refractivity (Wildman–Crippen MR) is 108 cm³/mol. The number of nitrogens with zero attached hydrogens (tertiary/aromatic N) is 1. The van der Waals surface area contributed by atoms with Crippen molar-refractivity contribution in [3.63, 3.8) is 0 Å². The first-order valence-corrected chi connectivity index (χ1v) is 10.7. The van der Waals surface area contributed by atoms with Gasteiger partial charge in [0.15, 0.2) is 0 Å². The van der Waals surface area contributed by atoms with Crippen molar-refractivity contribution in [3.05, 3.63) is 57.6 Å². The molecule has 27 heavy (non-hydrogen) atoms. The third-order valence-electron chi connectivity index (χ3n) is 4.34. The summed E-state index contributed by atoms with van der Waals surface area (Å²) < 4.78 is 27.9. The summed E-state index contributed by atoms with van der Waals surface area (Å²) in [6.45, 7) is 5.14. The maximum Gasteiger partial charge on any atom is 0.327 e. The maximum atomic E-state index is 13.4. The van der Waals surface area contributed by atoms with Gasteiger partial charge in [-0.15, -0.1) is 0 Å². The van der Waals surface area contributed by atoms with Crippen LogP contribution in [0.3, 0.4) is 0 Å². The van der Waals surface area contributed by atoms with Crippen molar-refractivity contribution < 1.29 is 18.3 Å². The molecule has 8 heteroatoms. The molecule has 0 bridgehead atoms. The van der Waals surface area contributed by atoms with Crippen LogP contribution in [-0.2, 0) is 27.7 Å². The van der Waals surface area contributed by atoms with Gasteiger partial charge in [0.2, 0.25) is 0 Å². The number of hydrogen-bond donors (Lipinski definition) is 1. The van der Waals surface area contributed by atoms with Crippen LogP contribution in [0.15, 0.2) is 41.3 Å². The van der Waals surface area contributed by atoms with E-state index in [9.17, 15) is 18.3 Å². The van der Waals surface area contributed by atoms with Gasteiger partial charge in [-0.2, -0.15) is 0 Å². The van der Waals surface area contributed by atoms with E-state index < -0.39 is 22.0 Å². The number of halogens is 2. The number of benzene rings is 2. The monoisotopic (exact) mass is 429 g/mol. The lowest BCUT2D eigenvalue weighted by Gasteiger charge is -2.31. The highest BCUT2D eigenvalue weighted by molar-refractivity contribution is 7.93. The summed E-state index contributed by atoms with van der Waals surface area (Å²) in [4.78, 5) is 11.6. The number of aryl methyl sites for hydroxylation is 2. The largest absolute Gasteiger partial charge is 0.480 e. The number of carbonyl (C=O) groups is 1. The number of sulfonamides is 1.